The summed E-state index contributed by atoms with van der Waals surface area (Å²) in [6, 6.07) is 21.5. The molecule has 1 N–H and O–H groups in total. The zero-order valence-electron chi connectivity index (χ0n) is 15.1. The summed E-state index contributed by atoms with van der Waals surface area (Å²) in [5.41, 5.74) is 1.65. The Hall–Kier alpha value is -3.92. The minimum absolute atomic E-state index is 0.128. The van der Waals surface area contributed by atoms with Crippen LogP contribution in [-0.2, 0) is 6.61 Å². The van der Waals surface area contributed by atoms with Crippen molar-refractivity contribution in [2.75, 3.05) is 5.32 Å². The molecule has 0 aliphatic heterocycles. The van der Waals surface area contributed by atoms with Gasteiger partial charge in [0.1, 0.15) is 18.1 Å². The van der Waals surface area contributed by atoms with Gasteiger partial charge in [-0.05, 0) is 36.4 Å². The van der Waals surface area contributed by atoms with Crippen LogP contribution in [0.5, 0.6) is 11.5 Å². The zero-order chi connectivity index (χ0) is 20.6. The lowest BCUT2D eigenvalue weighted by molar-refractivity contribution is -0.0493. The van der Waals surface area contributed by atoms with Gasteiger partial charge < -0.3 is 14.8 Å². The number of nitrogens with one attached hydrogen (secondary N) is 1. The van der Waals surface area contributed by atoms with Crippen LogP contribution in [0.3, 0.4) is 0 Å². The van der Waals surface area contributed by atoms with E-state index in [0.29, 0.717) is 11.3 Å². The van der Waals surface area contributed by atoms with E-state index in [1.54, 1.807) is 42.5 Å². The highest BCUT2D eigenvalue weighted by atomic mass is 19.3. The number of nitrogens with zero attached hydrogens (tertiary/aromatic N) is 1. The summed E-state index contributed by atoms with van der Waals surface area (Å²) in [7, 11) is 0. The lowest BCUT2D eigenvalue weighted by atomic mass is 10.1. The van der Waals surface area contributed by atoms with Crippen molar-refractivity contribution in [3.05, 3.63) is 89.5 Å². The van der Waals surface area contributed by atoms with Gasteiger partial charge in [0.25, 0.3) is 5.91 Å². The molecule has 0 atom stereocenters. The Balaban J connectivity index is 1.71. The van der Waals surface area contributed by atoms with Crippen LogP contribution in [0.2, 0.25) is 0 Å². The summed E-state index contributed by atoms with van der Waals surface area (Å²) in [5.74, 6) is -0.197. The smallest absolute Gasteiger partial charge is 0.387 e. The van der Waals surface area contributed by atoms with E-state index in [2.05, 4.69) is 16.1 Å². The molecule has 29 heavy (non-hydrogen) atoms. The molecule has 0 bridgehead atoms. The summed E-state index contributed by atoms with van der Waals surface area (Å²) in [4.78, 5) is 12.5. The van der Waals surface area contributed by atoms with Crippen molar-refractivity contribution in [2.45, 2.75) is 13.2 Å². The fraction of sp³-hybridized carbons (Fsp3) is 0.0909. The molecule has 0 aromatic heterocycles. The average Bonchev–Trinajstić information content (AvgIpc) is 2.73. The third-order valence-electron chi connectivity index (χ3n) is 3.98. The highest BCUT2D eigenvalue weighted by molar-refractivity contribution is 6.05. The Morgan fingerprint density at radius 2 is 1.79 bits per heavy atom. The number of hydrogen-bond donors (Lipinski definition) is 1. The maximum Gasteiger partial charge on any atom is 0.387 e. The summed E-state index contributed by atoms with van der Waals surface area (Å²) < 4.78 is 35.2. The number of benzene rings is 3. The number of amides is 1. The predicted octanol–water partition coefficient (Wildman–Crippen LogP) is 4.99. The lowest BCUT2D eigenvalue weighted by Gasteiger charge is -2.12. The van der Waals surface area contributed by atoms with Crippen molar-refractivity contribution in [3.63, 3.8) is 0 Å². The van der Waals surface area contributed by atoms with Crippen molar-refractivity contribution >= 4 is 11.6 Å². The second kappa shape index (κ2) is 9.33. The molecular weight excluding hydrogens is 378 g/mol. The van der Waals surface area contributed by atoms with Crippen LogP contribution >= 0.6 is 0 Å². The van der Waals surface area contributed by atoms with Gasteiger partial charge in [-0.1, -0.05) is 36.4 Å². The number of carbonyl (C=O) groups is 1. The molecule has 0 fully saturated rings. The second-order valence-corrected chi connectivity index (χ2v) is 5.91. The van der Waals surface area contributed by atoms with Gasteiger partial charge >= 0.3 is 6.61 Å². The minimum Gasteiger partial charge on any atom is -0.489 e. The first kappa shape index (κ1) is 19.8. The molecule has 0 saturated heterocycles. The number of carbonyl (C=O) groups excluding carboxylic acids is 1. The van der Waals surface area contributed by atoms with Gasteiger partial charge in [0.05, 0.1) is 17.3 Å². The maximum atomic E-state index is 12.5. The minimum atomic E-state index is -3.00. The second-order valence-electron chi connectivity index (χ2n) is 5.91. The number of nitriles is 1. The van der Waals surface area contributed by atoms with E-state index < -0.39 is 12.5 Å². The number of anilines is 1. The molecule has 0 heterocycles. The number of ether oxygens (including phenoxy) is 2. The number of para-hydroxylation sites is 2. The summed E-state index contributed by atoms with van der Waals surface area (Å²) >= 11 is 0. The Morgan fingerprint density at radius 3 is 2.59 bits per heavy atom. The third kappa shape index (κ3) is 5.30. The van der Waals surface area contributed by atoms with Gasteiger partial charge in [0.2, 0.25) is 0 Å². The predicted molar refractivity (Wildman–Crippen MR) is 103 cm³/mol. The van der Waals surface area contributed by atoms with E-state index in [1.807, 2.05) is 6.07 Å². The molecule has 0 aliphatic carbocycles. The molecule has 146 valence electrons. The topological polar surface area (TPSA) is 71.3 Å². The molecule has 0 aliphatic rings. The highest BCUT2D eigenvalue weighted by Gasteiger charge is 2.13. The van der Waals surface area contributed by atoms with Gasteiger partial charge in [-0.2, -0.15) is 14.0 Å². The van der Waals surface area contributed by atoms with Crippen LogP contribution in [0.25, 0.3) is 0 Å². The monoisotopic (exact) mass is 394 g/mol. The van der Waals surface area contributed by atoms with Crippen LogP contribution in [-0.4, -0.2) is 12.5 Å². The highest BCUT2D eigenvalue weighted by Crippen LogP contribution is 2.26. The SMILES string of the molecule is N#Cc1ccccc1COc1cccc(C(=O)Nc2ccccc2OC(F)F)c1. The summed E-state index contributed by atoms with van der Waals surface area (Å²) in [6.45, 7) is -2.83. The maximum absolute atomic E-state index is 12.5. The largest absolute Gasteiger partial charge is 0.489 e. The molecule has 3 aromatic carbocycles. The third-order valence-corrected chi connectivity index (χ3v) is 3.98. The molecule has 5 nitrogen and oxygen atoms in total. The van der Waals surface area contributed by atoms with E-state index in [0.717, 1.165) is 5.56 Å². The first-order chi connectivity index (χ1) is 14.1. The molecule has 0 radical (unpaired) electrons. The van der Waals surface area contributed by atoms with Crippen LogP contribution in [0, 0.1) is 11.3 Å². The first-order valence-electron chi connectivity index (χ1n) is 8.63. The first-order valence-corrected chi connectivity index (χ1v) is 8.63. The van der Waals surface area contributed by atoms with E-state index in [9.17, 15) is 13.6 Å². The molecular formula is C22H16F2N2O3. The van der Waals surface area contributed by atoms with E-state index >= 15 is 0 Å². The van der Waals surface area contributed by atoms with Crippen molar-refractivity contribution < 1.29 is 23.0 Å². The molecule has 0 saturated carbocycles. The van der Waals surface area contributed by atoms with Crippen molar-refractivity contribution in [2.24, 2.45) is 0 Å². The molecule has 0 unspecified atom stereocenters. The Kier molecular flexibility index (Phi) is 6.38. The summed E-state index contributed by atoms with van der Waals surface area (Å²) in [5, 5.41) is 11.7. The van der Waals surface area contributed by atoms with Crippen molar-refractivity contribution in [3.8, 4) is 17.6 Å². The molecule has 0 spiro atoms. The molecule has 3 aromatic rings. The Labute approximate surface area is 166 Å². The fourth-order valence-corrected chi connectivity index (χ4v) is 2.61. The van der Waals surface area contributed by atoms with E-state index in [-0.39, 0.29) is 23.6 Å². The van der Waals surface area contributed by atoms with Gasteiger partial charge in [-0.3, -0.25) is 4.79 Å². The summed E-state index contributed by atoms with van der Waals surface area (Å²) in [6.07, 6.45) is 0. The number of rotatable bonds is 7. The number of halogens is 2. The molecule has 7 heteroatoms. The standard InChI is InChI=1S/C22H16F2N2O3/c23-22(24)29-20-11-4-3-10-19(20)26-21(27)15-8-5-9-18(12-15)28-14-17-7-2-1-6-16(17)13-25/h1-12,22H,14H2,(H,26,27). The van der Waals surface area contributed by atoms with Crippen molar-refractivity contribution in [1.29, 1.82) is 5.26 Å². The zero-order valence-corrected chi connectivity index (χ0v) is 15.1. The Bertz CT molecular complexity index is 1050. The van der Waals surface area contributed by atoms with Crippen LogP contribution < -0.4 is 14.8 Å². The number of hydrogen-bond acceptors (Lipinski definition) is 4. The average molecular weight is 394 g/mol. The Morgan fingerprint density at radius 1 is 1.03 bits per heavy atom. The van der Waals surface area contributed by atoms with E-state index in [1.165, 1.54) is 24.3 Å². The number of alkyl halides is 2. The van der Waals surface area contributed by atoms with Crippen LogP contribution in [0.1, 0.15) is 21.5 Å². The van der Waals surface area contributed by atoms with E-state index in [4.69, 9.17) is 10.00 Å². The normalized spacial score (nSPS) is 10.3. The van der Waals surface area contributed by atoms with Gasteiger partial charge in [-0.15, -0.1) is 0 Å². The van der Waals surface area contributed by atoms with Crippen molar-refractivity contribution in [1.82, 2.24) is 0 Å². The van der Waals surface area contributed by atoms with Gasteiger partial charge in [0.15, 0.2) is 0 Å². The van der Waals surface area contributed by atoms with Crippen LogP contribution in [0.4, 0.5) is 14.5 Å². The lowest BCUT2D eigenvalue weighted by Crippen LogP contribution is -2.14. The molecule has 3 rings (SSSR count). The van der Waals surface area contributed by atoms with Gasteiger partial charge in [0, 0.05) is 11.1 Å². The molecule has 1 amide bonds. The van der Waals surface area contributed by atoms with Crippen LogP contribution in [0.15, 0.2) is 72.8 Å². The quantitative estimate of drug-likeness (QED) is 0.613. The van der Waals surface area contributed by atoms with Gasteiger partial charge in [-0.25, -0.2) is 0 Å². The fourth-order valence-electron chi connectivity index (χ4n) is 2.61.